The maximum Gasteiger partial charge on any atom is 0.225 e. The first kappa shape index (κ1) is 15.1. The maximum atomic E-state index is 5.57. The fraction of sp³-hybridized carbons (Fsp3) is 0.765. The van der Waals surface area contributed by atoms with Crippen molar-refractivity contribution in [1.82, 2.24) is 14.9 Å². The average molecular weight is 317 g/mol. The quantitative estimate of drug-likeness (QED) is 0.866. The van der Waals surface area contributed by atoms with Crippen molar-refractivity contribution in [2.24, 2.45) is 0 Å². The van der Waals surface area contributed by atoms with E-state index in [4.69, 9.17) is 14.7 Å². The van der Waals surface area contributed by atoms with Gasteiger partial charge in [0.25, 0.3) is 0 Å². The number of nitrogens with one attached hydrogen (secondary N) is 2. The van der Waals surface area contributed by atoms with Gasteiger partial charge in [-0.2, -0.15) is 4.98 Å². The molecule has 6 nitrogen and oxygen atoms in total. The largest absolute Gasteiger partial charge is 0.380 e. The van der Waals surface area contributed by atoms with E-state index in [9.17, 15) is 0 Å². The van der Waals surface area contributed by atoms with Crippen molar-refractivity contribution in [3.05, 3.63) is 11.3 Å². The summed E-state index contributed by atoms with van der Waals surface area (Å²) >= 11 is 0. The van der Waals surface area contributed by atoms with Crippen LogP contribution in [0.25, 0.3) is 0 Å². The predicted octanol–water partition coefficient (Wildman–Crippen LogP) is 2.02. The molecule has 3 heterocycles. The topological polar surface area (TPSA) is 62.3 Å². The number of nitrogens with zero attached hydrogens (tertiary/aromatic N) is 3. The minimum atomic E-state index is 0.345. The van der Waals surface area contributed by atoms with Gasteiger partial charge in [0.2, 0.25) is 5.95 Å². The maximum absolute atomic E-state index is 5.57. The van der Waals surface area contributed by atoms with Crippen LogP contribution in [-0.4, -0.2) is 52.8 Å². The molecule has 1 saturated heterocycles. The lowest BCUT2D eigenvalue weighted by atomic mass is 10.0. The standard InChI is InChI=1S/C17H27N5O/c1-11(2)18-17-20-15-5-7-22(13-6-8-23-10-13)9-14(15)16(21-17)19-12-3-4-12/h11-13H,3-10H2,1-2H3,(H2,18,19,20,21). The Labute approximate surface area is 138 Å². The first-order valence-corrected chi connectivity index (χ1v) is 8.93. The first-order chi connectivity index (χ1) is 11.2. The lowest BCUT2D eigenvalue weighted by Crippen LogP contribution is -2.40. The molecule has 1 aromatic rings. The van der Waals surface area contributed by atoms with Crippen LogP contribution in [0.2, 0.25) is 0 Å². The number of hydrogen-bond donors (Lipinski definition) is 2. The molecule has 0 amide bonds. The monoisotopic (exact) mass is 317 g/mol. The lowest BCUT2D eigenvalue weighted by molar-refractivity contribution is 0.134. The number of hydrogen-bond acceptors (Lipinski definition) is 6. The van der Waals surface area contributed by atoms with Crippen molar-refractivity contribution >= 4 is 11.8 Å². The molecule has 0 radical (unpaired) electrons. The van der Waals surface area contributed by atoms with Crippen molar-refractivity contribution in [2.45, 2.75) is 64.2 Å². The van der Waals surface area contributed by atoms with E-state index in [2.05, 4.69) is 29.4 Å². The van der Waals surface area contributed by atoms with Crippen molar-refractivity contribution < 1.29 is 4.74 Å². The fourth-order valence-corrected chi connectivity index (χ4v) is 3.42. The second-order valence-corrected chi connectivity index (χ2v) is 7.28. The van der Waals surface area contributed by atoms with E-state index >= 15 is 0 Å². The smallest absolute Gasteiger partial charge is 0.225 e. The highest BCUT2D eigenvalue weighted by molar-refractivity contribution is 5.53. The van der Waals surface area contributed by atoms with Crippen molar-refractivity contribution in [3.8, 4) is 0 Å². The summed E-state index contributed by atoms with van der Waals surface area (Å²) in [6.45, 7) is 8.03. The van der Waals surface area contributed by atoms with Crippen LogP contribution in [0.1, 0.15) is 44.4 Å². The highest BCUT2D eigenvalue weighted by Crippen LogP contribution is 2.31. The Balaban J connectivity index is 1.60. The van der Waals surface area contributed by atoms with Gasteiger partial charge in [-0.05, 0) is 33.1 Å². The van der Waals surface area contributed by atoms with Gasteiger partial charge in [0.15, 0.2) is 0 Å². The third kappa shape index (κ3) is 3.43. The molecule has 1 atom stereocenters. The van der Waals surface area contributed by atoms with E-state index in [0.717, 1.165) is 50.9 Å². The molecule has 0 spiro atoms. The molecule has 1 saturated carbocycles. The van der Waals surface area contributed by atoms with E-state index in [1.807, 2.05) is 0 Å². The molecular formula is C17H27N5O. The van der Waals surface area contributed by atoms with Crippen LogP contribution in [0.4, 0.5) is 11.8 Å². The molecule has 0 bridgehead atoms. The van der Waals surface area contributed by atoms with Gasteiger partial charge >= 0.3 is 0 Å². The molecule has 2 N–H and O–H groups in total. The normalized spacial score (nSPS) is 24.7. The van der Waals surface area contributed by atoms with E-state index in [0.29, 0.717) is 18.1 Å². The number of ether oxygens (including phenoxy) is 1. The van der Waals surface area contributed by atoms with Crippen LogP contribution in [0.3, 0.4) is 0 Å². The summed E-state index contributed by atoms with van der Waals surface area (Å²) in [5, 5.41) is 6.98. The van der Waals surface area contributed by atoms with Gasteiger partial charge in [-0.1, -0.05) is 0 Å². The Morgan fingerprint density at radius 2 is 2.09 bits per heavy atom. The molecular weight excluding hydrogens is 290 g/mol. The molecule has 3 aliphatic rings. The Morgan fingerprint density at radius 3 is 2.78 bits per heavy atom. The molecule has 1 aliphatic carbocycles. The summed E-state index contributed by atoms with van der Waals surface area (Å²) in [5.41, 5.74) is 2.51. The van der Waals surface area contributed by atoms with Crippen LogP contribution in [0, 0.1) is 0 Å². The van der Waals surface area contributed by atoms with Gasteiger partial charge < -0.3 is 15.4 Å². The number of aromatic nitrogens is 2. The highest BCUT2D eigenvalue weighted by atomic mass is 16.5. The zero-order valence-corrected chi connectivity index (χ0v) is 14.1. The number of rotatable bonds is 5. The molecule has 1 aromatic heterocycles. The third-order valence-corrected chi connectivity index (χ3v) is 4.85. The van der Waals surface area contributed by atoms with Gasteiger partial charge in [-0.3, -0.25) is 4.90 Å². The summed E-state index contributed by atoms with van der Waals surface area (Å²) in [7, 11) is 0. The first-order valence-electron chi connectivity index (χ1n) is 8.93. The fourth-order valence-electron chi connectivity index (χ4n) is 3.42. The van der Waals surface area contributed by atoms with Crippen molar-refractivity contribution in [3.63, 3.8) is 0 Å². The summed E-state index contributed by atoms with van der Waals surface area (Å²) in [6.07, 6.45) is 4.66. The summed E-state index contributed by atoms with van der Waals surface area (Å²) in [4.78, 5) is 12.1. The number of fused-ring (bicyclic) bond motifs is 1. The summed E-state index contributed by atoms with van der Waals surface area (Å²) in [5.74, 6) is 1.81. The Kier molecular flexibility index (Phi) is 4.11. The van der Waals surface area contributed by atoms with Crippen molar-refractivity contribution in [1.29, 1.82) is 0 Å². The number of anilines is 2. The van der Waals surface area contributed by atoms with E-state index in [1.54, 1.807) is 0 Å². The van der Waals surface area contributed by atoms with Crippen LogP contribution in [-0.2, 0) is 17.7 Å². The van der Waals surface area contributed by atoms with Crippen LogP contribution in [0.5, 0.6) is 0 Å². The van der Waals surface area contributed by atoms with Gasteiger partial charge in [0.05, 0.1) is 12.3 Å². The molecule has 126 valence electrons. The molecule has 2 fully saturated rings. The molecule has 2 aliphatic heterocycles. The molecule has 1 unspecified atom stereocenters. The molecule has 23 heavy (non-hydrogen) atoms. The van der Waals surface area contributed by atoms with Crippen LogP contribution < -0.4 is 10.6 Å². The predicted molar refractivity (Wildman–Crippen MR) is 90.8 cm³/mol. The average Bonchev–Trinajstić information content (AvgIpc) is 3.16. The van der Waals surface area contributed by atoms with E-state index in [-0.39, 0.29) is 0 Å². The Morgan fingerprint density at radius 1 is 1.22 bits per heavy atom. The zero-order chi connectivity index (χ0) is 15.8. The molecule has 6 heteroatoms. The van der Waals surface area contributed by atoms with Crippen molar-refractivity contribution in [2.75, 3.05) is 30.4 Å². The lowest BCUT2D eigenvalue weighted by Gasteiger charge is -2.33. The van der Waals surface area contributed by atoms with Gasteiger partial charge in [0, 0.05) is 49.8 Å². The summed E-state index contributed by atoms with van der Waals surface area (Å²) in [6, 6.07) is 1.51. The molecule has 0 aromatic carbocycles. The van der Waals surface area contributed by atoms with Gasteiger partial charge in [-0.15, -0.1) is 0 Å². The van der Waals surface area contributed by atoms with Crippen LogP contribution in [0.15, 0.2) is 0 Å². The van der Waals surface area contributed by atoms with Crippen LogP contribution >= 0.6 is 0 Å². The minimum Gasteiger partial charge on any atom is -0.380 e. The van der Waals surface area contributed by atoms with Gasteiger partial charge in [0.1, 0.15) is 5.82 Å². The highest BCUT2D eigenvalue weighted by Gasteiger charge is 2.31. The summed E-state index contributed by atoms with van der Waals surface area (Å²) < 4.78 is 5.57. The minimum absolute atomic E-state index is 0.345. The van der Waals surface area contributed by atoms with Gasteiger partial charge in [-0.25, -0.2) is 4.98 Å². The second-order valence-electron chi connectivity index (χ2n) is 7.28. The zero-order valence-electron chi connectivity index (χ0n) is 14.1. The van der Waals surface area contributed by atoms with E-state index < -0.39 is 0 Å². The Hall–Kier alpha value is -1.40. The second kappa shape index (κ2) is 6.24. The SMILES string of the molecule is CC(C)Nc1nc2c(c(NC3CC3)n1)CN(C1CCOC1)CC2. The molecule has 4 rings (SSSR count). The van der Waals surface area contributed by atoms with E-state index in [1.165, 1.54) is 24.1 Å². The third-order valence-electron chi connectivity index (χ3n) is 4.85. The Bertz CT molecular complexity index is 566.